The van der Waals surface area contributed by atoms with Gasteiger partial charge in [-0.15, -0.1) is 0 Å². The maximum Gasteiger partial charge on any atom is 0.160 e. The lowest BCUT2D eigenvalue weighted by Crippen LogP contribution is -2.00. The molecular weight excluding hydrogens is 697 g/mol. The lowest BCUT2D eigenvalue weighted by molar-refractivity contribution is 0.669. The number of hydrogen-bond acceptors (Lipinski definition) is 3. The van der Waals surface area contributed by atoms with Gasteiger partial charge < -0.3 is 13.6 Å². The largest absolute Gasteiger partial charge is 0.456 e. The summed E-state index contributed by atoms with van der Waals surface area (Å²) in [6.07, 6.45) is 0. The predicted molar refractivity (Wildman–Crippen MR) is 234 cm³/mol. The van der Waals surface area contributed by atoms with Crippen LogP contribution in [0.25, 0.3) is 111 Å². The Morgan fingerprint density at radius 1 is 0.333 bits per heavy atom. The first-order valence-corrected chi connectivity index (χ1v) is 19.2. The maximum atomic E-state index is 6.49. The van der Waals surface area contributed by atoms with E-state index in [1.165, 1.54) is 10.8 Å². The Labute approximate surface area is 327 Å². The molecule has 57 heavy (non-hydrogen) atoms. The molecule has 0 atom stereocenters. The topological polar surface area (TPSA) is 48.8 Å². The van der Waals surface area contributed by atoms with Crippen molar-refractivity contribution in [3.05, 3.63) is 194 Å². The summed E-state index contributed by atoms with van der Waals surface area (Å²) in [6, 6.07) is 68.3. The van der Waals surface area contributed by atoms with Crippen molar-refractivity contribution in [1.29, 1.82) is 0 Å². The molecule has 0 aliphatic heterocycles. The van der Waals surface area contributed by atoms with Gasteiger partial charge in [-0.2, -0.15) is 0 Å². The monoisotopic (exact) mass is 728 g/mol. The number of hydrogen-bond donors (Lipinski definition) is 0. The summed E-state index contributed by atoms with van der Waals surface area (Å²) in [6.45, 7) is 0. The SMILES string of the molecule is c1ccc(-c2cc(-c3ccccc3)nc(-c3cccc(-n4c5cc6c(cc5c5ccc7c8ccccc8n(-c8ccccc8)c7c54)oc4ccccc46)c3)n2)cc1. The molecular formula is C52H32N4O. The van der Waals surface area contributed by atoms with E-state index in [0.29, 0.717) is 5.82 Å². The molecule has 0 aliphatic rings. The van der Waals surface area contributed by atoms with E-state index in [1.54, 1.807) is 0 Å². The molecule has 266 valence electrons. The number of nitrogens with zero attached hydrogens (tertiary/aromatic N) is 4. The minimum Gasteiger partial charge on any atom is -0.456 e. The van der Waals surface area contributed by atoms with Crippen LogP contribution < -0.4 is 0 Å². The van der Waals surface area contributed by atoms with E-state index in [0.717, 1.165) is 94.2 Å². The zero-order valence-corrected chi connectivity index (χ0v) is 30.7. The third kappa shape index (κ3) is 4.89. The number of fused-ring (bicyclic) bond motifs is 10. The Bertz CT molecular complexity index is 3450. The first-order chi connectivity index (χ1) is 28.3. The highest BCUT2D eigenvalue weighted by molar-refractivity contribution is 6.25. The van der Waals surface area contributed by atoms with E-state index in [-0.39, 0.29) is 0 Å². The fourth-order valence-corrected chi connectivity index (χ4v) is 8.75. The van der Waals surface area contributed by atoms with Gasteiger partial charge >= 0.3 is 0 Å². The van der Waals surface area contributed by atoms with Gasteiger partial charge in [0.1, 0.15) is 11.2 Å². The summed E-state index contributed by atoms with van der Waals surface area (Å²) in [5, 5.41) is 6.87. The molecule has 0 bridgehead atoms. The average molecular weight is 729 g/mol. The Kier molecular flexibility index (Phi) is 6.86. The van der Waals surface area contributed by atoms with Gasteiger partial charge in [-0.3, -0.25) is 0 Å². The second-order valence-electron chi connectivity index (χ2n) is 14.6. The van der Waals surface area contributed by atoms with Crippen molar-refractivity contribution in [2.45, 2.75) is 0 Å². The van der Waals surface area contributed by atoms with Crippen molar-refractivity contribution in [1.82, 2.24) is 19.1 Å². The van der Waals surface area contributed by atoms with Crippen molar-refractivity contribution < 1.29 is 4.42 Å². The molecule has 12 aromatic rings. The minimum absolute atomic E-state index is 0.671. The van der Waals surface area contributed by atoms with Gasteiger partial charge in [0.25, 0.3) is 0 Å². The van der Waals surface area contributed by atoms with Gasteiger partial charge in [-0.05, 0) is 54.6 Å². The Hall–Kier alpha value is -7.76. The normalized spacial score (nSPS) is 11.9. The summed E-state index contributed by atoms with van der Waals surface area (Å²) in [5.41, 5.74) is 13.2. The Morgan fingerprint density at radius 3 is 1.61 bits per heavy atom. The molecule has 0 saturated heterocycles. The van der Waals surface area contributed by atoms with Crippen LogP contribution >= 0.6 is 0 Å². The number of rotatable bonds is 5. The predicted octanol–water partition coefficient (Wildman–Crippen LogP) is 13.6. The van der Waals surface area contributed by atoms with E-state index in [1.807, 2.05) is 24.3 Å². The van der Waals surface area contributed by atoms with Crippen LogP contribution in [0.2, 0.25) is 0 Å². The van der Waals surface area contributed by atoms with Crippen LogP contribution in [0.1, 0.15) is 0 Å². The van der Waals surface area contributed by atoms with Crippen LogP contribution in [0.5, 0.6) is 0 Å². The third-order valence-electron chi connectivity index (χ3n) is 11.3. The summed E-state index contributed by atoms with van der Waals surface area (Å²) in [5.74, 6) is 0.671. The molecule has 0 amide bonds. The quantitative estimate of drug-likeness (QED) is 0.177. The zero-order valence-electron chi connectivity index (χ0n) is 30.7. The van der Waals surface area contributed by atoms with Gasteiger partial charge in [0.15, 0.2) is 5.82 Å². The van der Waals surface area contributed by atoms with Gasteiger partial charge in [0.05, 0.1) is 33.5 Å². The lowest BCUT2D eigenvalue weighted by atomic mass is 10.1. The number of aromatic nitrogens is 4. The highest BCUT2D eigenvalue weighted by atomic mass is 16.3. The zero-order chi connectivity index (χ0) is 37.5. The van der Waals surface area contributed by atoms with Crippen LogP contribution in [0.3, 0.4) is 0 Å². The first kappa shape index (κ1) is 31.6. The first-order valence-electron chi connectivity index (χ1n) is 19.2. The van der Waals surface area contributed by atoms with Crippen molar-refractivity contribution in [3.8, 4) is 45.3 Å². The summed E-state index contributed by atoms with van der Waals surface area (Å²) in [7, 11) is 0. The third-order valence-corrected chi connectivity index (χ3v) is 11.3. The molecule has 0 unspecified atom stereocenters. The standard InChI is InChI=1S/C52H32N4O/c1-4-15-33(16-5-1)44-32-45(34-17-6-2-7-18-34)54-52(53-44)35-19-14-22-37(29-35)56-47-30-43-39-24-11-13-26-48(39)57-49(43)31-42(47)41-28-27-40-38-23-10-12-25-46(38)55(50(40)51(41)56)36-20-8-3-9-21-36/h1-32H. The summed E-state index contributed by atoms with van der Waals surface area (Å²) < 4.78 is 11.4. The molecule has 5 nitrogen and oxygen atoms in total. The maximum absolute atomic E-state index is 6.49. The molecule has 4 heterocycles. The van der Waals surface area contributed by atoms with Crippen molar-refractivity contribution >= 4 is 65.6 Å². The van der Waals surface area contributed by atoms with Crippen molar-refractivity contribution in [2.24, 2.45) is 0 Å². The van der Waals surface area contributed by atoms with Gasteiger partial charge in [-0.25, -0.2) is 9.97 Å². The molecule has 12 rings (SSSR count). The second kappa shape index (κ2) is 12.4. The summed E-state index contributed by atoms with van der Waals surface area (Å²) >= 11 is 0. The van der Waals surface area contributed by atoms with E-state index in [4.69, 9.17) is 14.4 Å². The average Bonchev–Trinajstić information content (AvgIpc) is 3.93. The highest BCUT2D eigenvalue weighted by Gasteiger charge is 2.23. The molecule has 0 spiro atoms. The fraction of sp³-hybridized carbons (Fsp3) is 0. The van der Waals surface area contributed by atoms with E-state index in [2.05, 4.69) is 179 Å². The van der Waals surface area contributed by atoms with Crippen molar-refractivity contribution in [3.63, 3.8) is 0 Å². The van der Waals surface area contributed by atoms with Gasteiger partial charge in [0.2, 0.25) is 0 Å². The van der Waals surface area contributed by atoms with E-state index < -0.39 is 0 Å². The van der Waals surface area contributed by atoms with Crippen LogP contribution in [0, 0.1) is 0 Å². The van der Waals surface area contributed by atoms with Gasteiger partial charge in [0, 0.05) is 60.4 Å². The lowest BCUT2D eigenvalue weighted by Gasteiger charge is -2.14. The molecule has 0 fully saturated rings. The number of furan rings is 1. The molecule has 0 radical (unpaired) electrons. The highest BCUT2D eigenvalue weighted by Crippen LogP contribution is 2.44. The van der Waals surface area contributed by atoms with Crippen LogP contribution in [-0.4, -0.2) is 19.1 Å². The fourth-order valence-electron chi connectivity index (χ4n) is 8.75. The molecule has 0 N–H and O–H groups in total. The Balaban J connectivity index is 1.19. The molecule has 0 saturated carbocycles. The van der Waals surface area contributed by atoms with Crippen LogP contribution in [-0.2, 0) is 0 Å². The smallest absolute Gasteiger partial charge is 0.160 e. The number of para-hydroxylation sites is 3. The number of benzene rings is 8. The van der Waals surface area contributed by atoms with Crippen molar-refractivity contribution in [2.75, 3.05) is 0 Å². The van der Waals surface area contributed by atoms with Crippen LogP contribution in [0.4, 0.5) is 0 Å². The molecule has 0 aliphatic carbocycles. The van der Waals surface area contributed by atoms with Crippen LogP contribution in [0.15, 0.2) is 199 Å². The Morgan fingerprint density at radius 2 is 0.895 bits per heavy atom. The van der Waals surface area contributed by atoms with E-state index in [9.17, 15) is 0 Å². The molecule has 4 aromatic heterocycles. The minimum atomic E-state index is 0.671. The molecule has 8 aromatic carbocycles. The molecule has 5 heteroatoms. The van der Waals surface area contributed by atoms with Gasteiger partial charge in [-0.1, -0.05) is 140 Å². The summed E-state index contributed by atoms with van der Waals surface area (Å²) in [4.78, 5) is 10.4. The second-order valence-corrected chi connectivity index (χ2v) is 14.6. The van der Waals surface area contributed by atoms with E-state index >= 15 is 0 Å².